The normalized spacial score (nSPS) is 15.9. The first-order valence-corrected chi connectivity index (χ1v) is 8.10. The van der Waals surface area contributed by atoms with Gasteiger partial charge in [-0.05, 0) is 6.92 Å². The number of aliphatic imine (C=N–C) groups is 1. The average molecular weight is 358 g/mol. The van der Waals surface area contributed by atoms with Gasteiger partial charge in [-0.15, -0.1) is 0 Å². The molecule has 0 aromatic heterocycles. The number of hydrogen-bond donors (Lipinski definition) is 1. The maximum atomic E-state index is 12.0. The molecule has 0 bridgehead atoms. The smallest absolute Gasteiger partial charge is 0.344 e. The molecule has 1 aliphatic heterocycles. The van der Waals surface area contributed by atoms with Crippen molar-refractivity contribution < 1.29 is 24.1 Å². The second kappa shape index (κ2) is 7.61. The molecule has 0 aliphatic carbocycles. The molecule has 8 heteroatoms. The summed E-state index contributed by atoms with van der Waals surface area (Å²) in [4.78, 5) is 16.4. The first-order chi connectivity index (χ1) is 11.0. The van der Waals surface area contributed by atoms with Crippen LogP contribution < -0.4 is 9.47 Å². The van der Waals surface area contributed by atoms with Crippen LogP contribution in [0.2, 0.25) is 5.02 Å². The predicted molar refractivity (Wildman–Crippen MR) is 90.4 cm³/mol. The van der Waals surface area contributed by atoms with Gasteiger partial charge >= 0.3 is 5.97 Å². The van der Waals surface area contributed by atoms with Gasteiger partial charge in [0.05, 0.1) is 31.6 Å². The Balaban J connectivity index is 2.47. The second-order valence-corrected chi connectivity index (χ2v) is 5.78. The van der Waals surface area contributed by atoms with Crippen LogP contribution in [-0.2, 0) is 9.53 Å². The van der Waals surface area contributed by atoms with E-state index < -0.39 is 5.97 Å². The highest BCUT2D eigenvalue weighted by atomic mass is 35.5. The summed E-state index contributed by atoms with van der Waals surface area (Å²) in [5.74, 6) is 0.472. The predicted octanol–water partition coefficient (Wildman–Crippen LogP) is 3.51. The lowest BCUT2D eigenvalue weighted by atomic mass is 10.2. The highest BCUT2D eigenvalue weighted by Gasteiger charge is 2.29. The summed E-state index contributed by atoms with van der Waals surface area (Å²) in [6.45, 7) is 1.91. The Kier molecular flexibility index (Phi) is 5.79. The van der Waals surface area contributed by atoms with Crippen LogP contribution in [0.1, 0.15) is 6.92 Å². The van der Waals surface area contributed by atoms with E-state index in [2.05, 4.69) is 4.99 Å². The number of carbonyl (C=O) groups excluding carboxylic acids is 1. The molecule has 0 fully saturated rings. The summed E-state index contributed by atoms with van der Waals surface area (Å²) in [5.41, 5.74) is 0.514. The molecule has 124 valence electrons. The van der Waals surface area contributed by atoms with E-state index in [0.717, 1.165) is 0 Å². The number of methoxy groups -OCH3 is 2. The van der Waals surface area contributed by atoms with E-state index in [9.17, 15) is 9.90 Å². The molecule has 0 atom stereocenters. The number of benzene rings is 1. The lowest BCUT2D eigenvalue weighted by molar-refractivity contribution is -0.138. The molecule has 0 radical (unpaired) electrons. The molecule has 1 heterocycles. The number of thioether (sulfide) groups is 1. The number of carbonyl (C=O) groups is 1. The summed E-state index contributed by atoms with van der Waals surface area (Å²) < 4.78 is 15.4. The van der Waals surface area contributed by atoms with Crippen molar-refractivity contribution in [2.24, 2.45) is 4.99 Å². The summed E-state index contributed by atoms with van der Waals surface area (Å²) in [7, 11) is 2.98. The number of rotatable bonds is 5. The van der Waals surface area contributed by atoms with Crippen LogP contribution in [0, 0.1) is 0 Å². The fraction of sp³-hybridized carbons (Fsp3) is 0.333. The molecular weight excluding hydrogens is 342 g/mol. The zero-order valence-corrected chi connectivity index (χ0v) is 14.5. The fourth-order valence-electron chi connectivity index (χ4n) is 1.94. The van der Waals surface area contributed by atoms with Gasteiger partial charge in [-0.25, -0.2) is 9.79 Å². The molecule has 0 spiro atoms. The Labute approximate surface area is 143 Å². The van der Waals surface area contributed by atoms with Crippen molar-refractivity contribution in [3.05, 3.63) is 28.5 Å². The van der Waals surface area contributed by atoms with Gasteiger partial charge in [-0.1, -0.05) is 23.4 Å². The second-order valence-electron chi connectivity index (χ2n) is 4.41. The van der Waals surface area contributed by atoms with Crippen LogP contribution in [-0.4, -0.2) is 42.7 Å². The summed E-state index contributed by atoms with van der Waals surface area (Å²) in [6, 6.07) is 3.18. The molecule has 0 unspecified atom stereocenters. The Hall–Kier alpha value is -1.86. The van der Waals surface area contributed by atoms with E-state index in [1.54, 1.807) is 19.1 Å². The monoisotopic (exact) mass is 357 g/mol. The van der Waals surface area contributed by atoms with Crippen molar-refractivity contribution >= 4 is 40.1 Å². The Morgan fingerprint density at radius 2 is 2.04 bits per heavy atom. The molecule has 1 aromatic carbocycles. The van der Waals surface area contributed by atoms with Gasteiger partial charge in [0.25, 0.3) is 0 Å². The van der Waals surface area contributed by atoms with E-state index in [0.29, 0.717) is 27.3 Å². The Morgan fingerprint density at radius 1 is 1.35 bits per heavy atom. The number of aliphatic hydroxyl groups is 1. The number of aliphatic hydroxyl groups excluding tert-OH is 1. The number of ether oxygens (including phenoxy) is 3. The van der Waals surface area contributed by atoms with Crippen molar-refractivity contribution in [3.8, 4) is 11.5 Å². The summed E-state index contributed by atoms with van der Waals surface area (Å²) in [5, 5.41) is 10.7. The highest BCUT2D eigenvalue weighted by Crippen LogP contribution is 2.39. The average Bonchev–Trinajstić information content (AvgIpc) is 2.89. The first kappa shape index (κ1) is 17.5. The van der Waals surface area contributed by atoms with Gasteiger partial charge in [0.15, 0.2) is 0 Å². The lowest BCUT2D eigenvalue weighted by Gasteiger charge is -2.10. The standard InChI is InChI=1S/C15H16ClNO5S/c1-4-22-15(19)13-10(18)7-23-14(13)17-9-6-11(20-2)8(16)5-12(9)21-3/h5-6,18H,4,7H2,1-3H3. The Morgan fingerprint density at radius 3 is 2.65 bits per heavy atom. The van der Waals surface area contributed by atoms with Crippen molar-refractivity contribution in [1.82, 2.24) is 0 Å². The minimum absolute atomic E-state index is 0.0490. The topological polar surface area (TPSA) is 77.4 Å². The quantitative estimate of drug-likeness (QED) is 0.812. The van der Waals surface area contributed by atoms with Gasteiger partial charge in [0.1, 0.15) is 33.6 Å². The molecule has 1 aromatic rings. The molecule has 0 amide bonds. The van der Waals surface area contributed by atoms with Gasteiger partial charge in [-0.2, -0.15) is 0 Å². The van der Waals surface area contributed by atoms with Gasteiger partial charge in [0.2, 0.25) is 0 Å². The summed E-state index contributed by atoms with van der Waals surface area (Å²) >= 11 is 7.30. The molecular formula is C15H16ClNO5S. The van der Waals surface area contributed by atoms with Gasteiger partial charge in [0, 0.05) is 12.1 Å². The van der Waals surface area contributed by atoms with Crippen LogP contribution in [0.25, 0.3) is 0 Å². The molecule has 0 saturated heterocycles. The molecule has 23 heavy (non-hydrogen) atoms. The number of nitrogens with zero attached hydrogens (tertiary/aromatic N) is 1. The van der Waals surface area contributed by atoms with E-state index in [1.165, 1.54) is 26.0 Å². The molecule has 1 N–H and O–H groups in total. The van der Waals surface area contributed by atoms with Crippen molar-refractivity contribution in [3.63, 3.8) is 0 Å². The maximum Gasteiger partial charge on any atom is 0.344 e. The largest absolute Gasteiger partial charge is 0.510 e. The number of hydrogen-bond acceptors (Lipinski definition) is 7. The maximum absolute atomic E-state index is 12.0. The van der Waals surface area contributed by atoms with Crippen molar-refractivity contribution in [1.29, 1.82) is 0 Å². The number of halogens is 1. The molecule has 0 saturated carbocycles. The first-order valence-electron chi connectivity index (χ1n) is 6.74. The third kappa shape index (κ3) is 3.73. The minimum Gasteiger partial charge on any atom is -0.510 e. The third-order valence-electron chi connectivity index (χ3n) is 3.00. The van der Waals surface area contributed by atoms with E-state index in [1.807, 2.05) is 0 Å². The Bertz CT molecular complexity index is 687. The SMILES string of the molecule is CCOC(=O)C1=C(O)CSC1=Nc1cc(OC)c(Cl)cc1OC. The van der Waals surface area contributed by atoms with Crippen LogP contribution >= 0.6 is 23.4 Å². The van der Waals surface area contributed by atoms with Crippen LogP contribution in [0.5, 0.6) is 11.5 Å². The zero-order valence-electron chi connectivity index (χ0n) is 12.9. The minimum atomic E-state index is -0.603. The van der Waals surface area contributed by atoms with E-state index in [-0.39, 0.29) is 23.7 Å². The van der Waals surface area contributed by atoms with Gasteiger partial charge < -0.3 is 19.3 Å². The highest BCUT2D eigenvalue weighted by molar-refractivity contribution is 8.15. The van der Waals surface area contributed by atoms with E-state index >= 15 is 0 Å². The van der Waals surface area contributed by atoms with E-state index in [4.69, 9.17) is 25.8 Å². The van der Waals surface area contributed by atoms with Crippen LogP contribution in [0.3, 0.4) is 0 Å². The third-order valence-corrected chi connectivity index (χ3v) is 4.28. The summed E-state index contributed by atoms with van der Waals surface area (Å²) in [6.07, 6.45) is 0. The molecule has 6 nitrogen and oxygen atoms in total. The van der Waals surface area contributed by atoms with Gasteiger partial charge in [-0.3, -0.25) is 0 Å². The van der Waals surface area contributed by atoms with Crippen molar-refractivity contribution in [2.75, 3.05) is 26.6 Å². The van der Waals surface area contributed by atoms with Crippen LogP contribution in [0.15, 0.2) is 28.5 Å². The number of esters is 1. The lowest BCUT2D eigenvalue weighted by Crippen LogP contribution is -2.13. The molecule has 2 rings (SSSR count). The zero-order chi connectivity index (χ0) is 17.0. The van der Waals surface area contributed by atoms with Crippen molar-refractivity contribution in [2.45, 2.75) is 6.92 Å². The van der Waals surface area contributed by atoms with Crippen LogP contribution in [0.4, 0.5) is 5.69 Å². The molecule has 1 aliphatic rings. The fourth-order valence-corrected chi connectivity index (χ4v) is 3.10.